The standard InChI is InChI=1S/C17H23N3O2/c18-16(21)8-2-1-3-9-17(22)19-11-10-13-12-20-15-7-5-4-6-14(13)15/h4-7,12,20H,1-3,8-11H2,(H2,18,21)(H,19,22). The quantitative estimate of drug-likeness (QED) is 0.620. The van der Waals surface area contributed by atoms with E-state index in [1.165, 1.54) is 10.9 Å². The molecule has 1 aromatic heterocycles. The Labute approximate surface area is 130 Å². The number of nitrogens with one attached hydrogen (secondary N) is 2. The maximum Gasteiger partial charge on any atom is 0.220 e. The predicted octanol–water partition coefficient (Wildman–Crippen LogP) is 2.26. The lowest BCUT2D eigenvalue weighted by Gasteiger charge is -2.05. The van der Waals surface area contributed by atoms with E-state index in [-0.39, 0.29) is 11.8 Å². The highest BCUT2D eigenvalue weighted by atomic mass is 16.1. The molecule has 0 bridgehead atoms. The van der Waals surface area contributed by atoms with Crippen LogP contribution >= 0.6 is 0 Å². The highest BCUT2D eigenvalue weighted by Crippen LogP contribution is 2.17. The van der Waals surface area contributed by atoms with Crippen molar-refractivity contribution in [3.05, 3.63) is 36.0 Å². The molecule has 0 atom stereocenters. The maximum absolute atomic E-state index is 11.7. The molecule has 0 radical (unpaired) electrons. The number of hydrogen-bond donors (Lipinski definition) is 3. The second-order valence-electron chi connectivity index (χ2n) is 5.49. The number of aromatic nitrogens is 1. The zero-order chi connectivity index (χ0) is 15.8. The summed E-state index contributed by atoms with van der Waals surface area (Å²) < 4.78 is 0. The molecule has 2 aromatic rings. The fourth-order valence-corrected chi connectivity index (χ4v) is 2.52. The number of H-pyrrole nitrogens is 1. The lowest BCUT2D eigenvalue weighted by Crippen LogP contribution is -2.25. The number of carbonyl (C=O) groups is 2. The van der Waals surface area contributed by atoms with Gasteiger partial charge in [-0.2, -0.15) is 0 Å². The largest absolute Gasteiger partial charge is 0.370 e. The van der Waals surface area contributed by atoms with E-state index in [1.54, 1.807) is 0 Å². The highest BCUT2D eigenvalue weighted by molar-refractivity contribution is 5.83. The topological polar surface area (TPSA) is 88.0 Å². The summed E-state index contributed by atoms with van der Waals surface area (Å²) >= 11 is 0. The van der Waals surface area contributed by atoms with Gasteiger partial charge in [-0.1, -0.05) is 24.6 Å². The van der Waals surface area contributed by atoms with Crippen LogP contribution < -0.4 is 11.1 Å². The summed E-state index contributed by atoms with van der Waals surface area (Å²) in [5.74, 6) is -0.206. The number of nitrogens with two attached hydrogens (primary N) is 1. The highest BCUT2D eigenvalue weighted by Gasteiger charge is 2.05. The van der Waals surface area contributed by atoms with Crippen LogP contribution in [0.2, 0.25) is 0 Å². The van der Waals surface area contributed by atoms with Gasteiger partial charge >= 0.3 is 0 Å². The number of para-hydroxylation sites is 1. The average Bonchev–Trinajstić information content (AvgIpc) is 2.90. The van der Waals surface area contributed by atoms with E-state index in [9.17, 15) is 9.59 Å². The smallest absolute Gasteiger partial charge is 0.220 e. The summed E-state index contributed by atoms with van der Waals surface area (Å²) in [6, 6.07) is 8.15. The molecule has 0 spiro atoms. The van der Waals surface area contributed by atoms with E-state index in [0.717, 1.165) is 31.2 Å². The van der Waals surface area contributed by atoms with Crippen molar-refractivity contribution in [3.63, 3.8) is 0 Å². The van der Waals surface area contributed by atoms with E-state index in [1.807, 2.05) is 24.4 Å². The molecule has 0 aliphatic heterocycles. The lowest BCUT2D eigenvalue weighted by atomic mass is 10.1. The monoisotopic (exact) mass is 301 g/mol. The fourth-order valence-electron chi connectivity index (χ4n) is 2.52. The van der Waals surface area contributed by atoms with Crippen molar-refractivity contribution < 1.29 is 9.59 Å². The van der Waals surface area contributed by atoms with Gasteiger partial charge in [-0.3, -0.25) is 9.59 Å². The van der Waals surface area contributed by atoms with Crippen LogP contribution in [0.4, 0.5) is 0 Å². The first kappa shape index (κ1) is 16.1. The van der Waals surface area contributed by atoms with Gasteiger partial charge in [0, 0.05) is 36.5 Å². The second-order valence-corrected chi connectivity index (χ2v) is 5.49. The Bertz CT molecular complexity index is 634. The van der Waals surface area contributed by atoms with Gasteiger partial charge in [-0.25, -0.2) is 0 Å². The Morgan fingerprint density at radius 2 is 1.86 bits per heavy atom. The Morgan fingerprint density at radius 3 is 2.68 bits per heavy atom. The molecular formula is C17H23N3O2. The van der Waals surface area contributed by atoms with Crippen molar-refractivity contribution in [3.8, 4) is 0 Å². The van der Waals surface area contributed by atoms with Crippen molar-refractivity contribution in [2.45, 2.75) is 38.5 Å². The number of unbranched alkanes of at least 4 members (excludes halogenated alkanes) is 2. The third-order valence-corrected chi connectivity index (χ3v) is 3.72. The van der Waals surface area contributed by atoms with Gasteiger partial charge in [0.05, 0.1) is 0 Å². The van der Waals surface area contributed by atoms with E-state index < -0.39 is 0 Å². The van der Waals surface area contributed by atoms with Crippen LogP contribution in [0, 0.1) is 0 Å². The molecule has 0 saturated carbocycles. The minimum atomic E-state index is -0.275. The van der Waals surface area contributed by atoms with Crippen LogP contribution in [0.15, 0.2) is 30.5 Å². The molecule has 0 aliphatic carbocycles. The molecule has 0 saturated heterocycles. The Kier molecular flexibility index (Phi) is 6.01. The molecule has 22 heavy (non-hydrogen) atoms. The van der Waals surface area contributed by atoms with Crippen molar-refractivity contribution in [2.24, 2.45) is 5.73 Å². The molecule has 2 amide bonds. The summed E-state index contributed by atoms with van der Waals surface area (Å²) in [6.45, 7) is 0.641. The number of benzene rings is 1. The number of rotatable bonds is 9. The van der Waals surface area contributed by atoms with E-state index >= 15 is 0 Å². The number of hydrogen-bond acceptors (Lipinski definition) is 2. The number of primary amides is 1. The Morgan fingerprint density at radius 1 is 1.09 bits per heavy atom. The minimum Gasteiger partial charge on any atom is -0.370 e. The molecule has 4 N–H and O–H groups in total. The normalized spacial score (nSPS) is 10.7. The molecule has 1 heterocycles. The molecule has 2 rings (SSSR count). The van der Waals surface area contributed by atoms with Crippen molar-refractivity contribution >= 4 is 22.7 Å². The SMILES string of the molecule is NC(=O)CCCCCC(=O)NCCc1c[nH]c2ccccc12. The number of fused-ring (bicyclic) bond motifs is 1. The fraction of sp³-hybridized carbons (Fsp3) is 0.412. The van der Waals surface area contributed by atoms with Gasteiger partial charge in [0.15, 0.2) is 0 Å². The third kappa shape index (κ3) is 4.91. The maximum atomic E-state index is 11.7. The zero-order valence-electron chi connectivity index (χ0n) is 12.7. The number of amides is 2. The van der Waals surface area contributed by atoms with Crippen molar-refractivity contribution in [1.29, 1.82) is 0 Å². The Balaban J connectivity index is 1.64. The third-order valence-electron chi connectivity index (χ3n) is 3.72. The lowest BCUT2D eigenvalue weighted by molar-refractivity contribution is -0.121. The average molecular weight is 301 g/mol. The number of aromatic amines is 1. The van der Waals surface area contributed by atoms with Crippen molar-refractivity contribution in [1.82, 2.24) is 10.3 Å². The van der Waals surface area contributed by atoms with Gasteiger partial charge in [-0.05, 0) is 30.9 Å². The van der Waals surface area contributed by atoms with E-state index in [2.05, 4.69) is 16.4 Å². The van der Waals surface area contributed by atoms with Crippen LogP contribution in [-0.2, 0) is 16.0 Å². The molecule has 118 valence electrons. The minimum absolute atomic E-state index is 0.0684. The molecular weight excluding hydrogens is 278 g/mol. The Hall–Kier alpha value is -2.30. The summed E-state index contributed by atoms with van der Waals surface area (Å²) in [6.07, 6.45) is 6.15. The summed E-state index contributed by atoms with van der Waals surface area (Å²) in [5, 5.41) is 4.15. The van der Waals surface area contributed by atoms with Crippen LogP contribution in [-0.4, -0.2) is 23.3 Å². The molecule has 5 nitrogen and oxygen atoms in total. The van der Waals surface area contributed by atoms with E-state index in [4.69, 9.17) is 5.73 Å². The predicted molar refractivity (Wildman–Crippen MR) is 87.3 cm³/mol. The van der Waals surface area contributed by atoms with Gasteiger partial charge in [0.1, 0.15) is 0 Å². The first-order chi connectivity index (χ1) is 10.7. The van der Waals surface area contributed by atoms with Gasteiger partial charge in [0.2, 0.25) is 11.8 Å². The van der Waals surface area contributed by atoms with E-state index in [0.29, 0.717) is 19.4 Å². The molecule has 0 fully saturated rings. The van der Waals surface area contributed by atoms with Gasteiger partial charge in [0.25, 0.3) is 0 Å². The molecule has 0 unspecified atom stereocenters. The van der Waals surface area contributed by atoms with Crippen LogP contribution in [0.3, 0.4) is 0 Å². The summed E-state index contributed by atoms with van der Waals surface area (Å²) in [5.41, 5.74) is 7.41. The van der Waals surface area contributed by atoms with Crippen LogP contribution in [0.1, 0.15) is 37.7 Å². The first-order valence-corrected chi connectivity index (χ1v) is 7.77. The number of carbonyl (C=O) groups excluding carboxylic acids is 2. The van der Waals surface area contributed by atoms with Crippen molar-refractivity contribution in [2.75, 3.05) is 6.54 Å². The van der Waals surface area contributed by atoms with Gasteiger partial charge in [-0.15, -0.1) is 0 Å². The summed E-state index contributed by atoms with van der Waals surface area (Å²) in [4.78, 5) is 25.5. The summed E-state index contributed by atoms with van der Waals surface area (Å²) in [7, 11) is 0. The second kappa shape index (κ2) is 8.22. The molecule has 0 aliphatic rings. The van der Waals surface area contributed by atoms with Gasteiger partial charge < -0.3 is 16.0 Å². The van der Waals surface area contributed by atoms with Crippen LogP contribution in [0.5, 0.6) is 0 Å². The molecule has 5 heteroatoms. The first-order valence-electron chi connectivity index (χ1n) is 7.77. The van der Waals surface area contributed by atoms with Crippen LogP contribution in [0.25, 0.3) is 10.9 Å². The molecule has 1 aromatic carbocycles. The zero-order valence-corrected chi connectivity index (χ0v) is 12.7.